The fourth-order valence-corrected chi connectivity index (χ4v) is 3.59. The third kappa shape index (κ3) is 3.40. The summed E-state index contributed by atoms with van der Waals surface area (Å²) in [4.78, 5) is 12.6. The van der Waals surface area contributed by atoms with E-state index in [1.54, 1.807) is 6.07 Å². The van der Waals surface area contributed by atoms with Gasteiger partial charge < -0.3 is 10.6 Å². The van der Waals surface area contributed by atoms with E-state index in [2.05, 4.69) is 15.7 Å². The molecule has 0 spiro atoms. The van der Waals surface area contributed by atoms with Crippen LogP contribution in [0.4, 0.5) is 24.7 Å². The number of nitrogens with zero attached hydrogens (tertiary/aromatic N) is 2. The van der Waals surface area contributed by atoms with E-state index in [4.69, 9.17) is 0 Å². The number of amides is 1. The number of carbonyl (C=O) groups is 1. The first-order valence-corrected chi connectivity index (χ1v) is 9.04. The molecule has 0 radical (unpaired) electrons. The number of rotatable bonds is 3. The van der Waals surface area contributed by atoms with Crippen LogP contribution >= 0.6 is 0 Å². The van der Waals surface area contributed by atoms with Crippen LogP contribution in [0, 0.1) is 19.8 Å². The lowest BCUT2D eigenvalue weighted by Crippen LogP contribution is -2.40. The van der Waals surface area contributed by atoms with E-state index in [9.17, 15) is 18.0 Å². The second-order valence-corrected chi connectivity index (χ2v) is 7.44. The molecule has 2 heterocycles. The van der Waals surface area contributed by atoms with Crippen molar-refractivity contribution in [2.24, 2.45) is 5.92 Å². The van der Waals surface area contributed by atoms with Crippen molar-refractivity contribution in [3.63, 3.8) is 0 Å². The van der Waals surface area contributed by atoms with Gasteiger partial charge in [-0.05, 0) is 56.2 Å². The highest BCUT2D eigenvalue weighted by Gasteiger charge is 2.49. The predicted molar refractivity (Wildman–Crippen MR) is 95.9 cm³/mol. The average Bonchev–Trinajstić information content (AvgIpc) is 3.36. The Morgan fingerprint density at radius 1 is 1.30 bits per heavy atom. The van der Waals surface area contributed by atoms with Gasteiger partial charge in [0.15, 0.2) is 11.7 Å². The molecule has 0 bridgehead atoms. The highest BCUT2D eigenvalue weighted by molar-refractivity contribution is 6.03. The van der Waals surface area contributed by atoms with Crippen LogP contribution in [-0.4, -0.2) is 27.9 Å². The summed E-state index contributed by atoms with van der Waals surface area (Å²) in [6, 6.07) is 4.98. The van der Waals surface area contributed by atoms with Crippen molar-refractivity contribution in [1.82, 2.24) is 9.78 Å². The molecule has 144 valence electrons. The fraction of sp³-hybridized carbons (Fsp3) is 0.474. The van der Waals surface area contributed by atoms with Gasteiger partial charge >= 0.3 is 6.18 Å². The highest BCUT2D eigenvalue weighted by atomic mass is 19.4. The molecule has 5 nitrogen and oxygen atoms in total. The Morgan fingerprint density at radius 3 is 2.70 bits per heavy atom. The Hall–Kier alpha value is -2.51. The van der Waals surface area contributed by atoms with Gasteiger partial charge in [-0.3, -0.25) is 4.79 Å². The lowest BCUT2D eigenvalue weighted by molar-refractivity contribution is -0.174. The van der Waals surface area contributed by atoms with Gasteiger partial charge in [0.25, 0.3) is 5.91 Å². The van der Waals surface area contributed by atoms with Crippen molar-refractivity contribution in [3.05, 3.63) is 41.1 Å². The van der Waals surface area contributed by atoms with Crippen LogP contribution < -0.4 is 10.6 Å². The molecule has 0 unspecified atom stereocenters. The van der Waals surface area contributed by atoms with Crippen LogP contribution in [0.15, 0.2) is 24.3 Å². The van der Waals surface area contributed by atoms with Crippen LogP contribution in [0.5, 0.6) is 0 Å². The highest BCUT2D eigenvalue weighted by Crippen LogP contribution is 2.45. The van der Waals surface area contributed by atoms with E-state index in [1.165, 1.54) is 6.07 Å². The van der Waals surface area contributed by atoms with Crippen LogP contribution in [0.2, 0.25) is 0 Å². The van der Waals surface area contributed by atoms with Crippen molar-refractivity contribution in [1.29, 1.82) is 0 Å². The number of aromatic nitrogens is 2. The van der Waals surface area contributed by atoms with Crippen molar-refractivity contribution in [2.75, 3.05) is 10.6 Å². The maximum absolute atomic E-state index is 13.5. The van der Waals surface area contributed by atoms with Crippen LogP contribution in [0.1, 0.15) is 46.9 Å². The second kappa shape index (κ2) is 6.28. The summed E-state index contributed by atoms with van der Waals surface area (Å²) in [5.74, 6) is 0.00797. The standard InChI is InChI=1S/C19H21F3N4O/c1-10-4-3-5-13(11(10)2)24-18(27)15-9-17-23-14(12-6-7-12)8-16(19(20,21)22)26(17)25-15/h3-5,9,12,14,16,23H,6-8H2,1-2H3,(H,24,27)/t14-,16-/m0/s1. The van der Waals surface area contributed by atoms with Gasteiger partial charge in [0, 0.05) is 17.8 Å². The maximum atomic E-state index is 13.5. The summed E-state index contributed by atoms with van der Waals surface area (Å²) in [6.07, 6.45) is -2.58. The van der Waals surface area contributed by atoms with Gasteiger partial charge in [-0.15, -0.1) is 0 Å². The smallest absolute Gasteiger partial charge is 0.367 e. The molecule has 2 aromatic rings. The van der Waals surface area contributed by atoms with Crippen molar-refractivity contribution in [2.45, 2.75) is 51.4 Å². The number of nitrogens with one attached hydrogen (secondary N) is 2. The van der Waals surface area contributed by atoms with Crippen LogP contribution in [0.25, 0.3) is 0 Å². The monoisotopic (exact) mass is 378 g/mol. The summed E-state index contributed by atoms with van der Waals surface area (Å²) in [5, 5.41) is 9.88. The molecule has 1 saturated carbocycles. The molecule has 2 N–H and O–H groups in total. The molecule has 1 aliphatic heterocycles. The molecular formula is C19H21F3N4O. The Morgan fingerprint density at radius 2 is 2.04 bits per heavy atom. The summed E-state index contributed by atoms with van der Waals surface area (Å²) in [5.41, 5.74) is 2.53. The zero-order valence-corrected chi connectivity index (χ0v) is 15.1. The first-order chi connectivity index (χ1) is 12.7. The number of hydrogen-bond donors (Lipinski definition) is 2. The minimum Gasteiger partial charge on any atom is -0.367 e. The molecule has 0 saturated heterocycles. The Kier molecular flexibility index (Phi) is 4.16. The zero-order valence-electron chi connectivity index (χ0n) is 15.1. The van der Waals surface area contributed by atoms with E-state index in [1.807, 2.05) is 26.0 Å². The van der Waals surface area contributed by atoms with Crippen molar-refractivity contribution >= 4 is 17.4 Å². The van der Waals surface area contributed by atoms with Gasteiger partial charge in [-0.2, -0.15) is 18.3 Å². The normalized spacial score (nSPS) is 22.1. The quantitative estimate of drug-likeness (QED) is 0.830. The van der Waals surface area contributed by atoms with Crippen molar-refractivity contribution in [3.8, 4) is 0 Å². The first-order valence-electron chi connectivity index (χ1n) is 9.04. The molecule has 4 rings (SSSR count). The molecule has 2 atom stereocenters. The summed E-state index contributed by atoms with van der Waals surface area (Å²) in [7, 11) is 0. The Balaban J connectivity index is 1.62. The predicted octanol–water partition coefficient (Wildman–Crippen LogP) is 4.45. The SMILES string of the molecule is Cc1cccc(NC(=O)c2cc3n(n2)[C@H](C(F)(F)F)C[C@@H](C2CC2)N3)c1C. The lowest BCUT2D eigenvalue weighted by Gasteiger charge is -2.33. The average molecular weight is 378 g/mol. The third-order valence-corrected chi connectivity index (χ3v) is 5.50. The lowest BCUT2D eigenvalue weighted by atomic mass is 10.0. The second-order valence-electron chi connectivity index (χ2n) is 7.44. The topological polar surface area (TPSA) is 59.0 Å². The number of alkyl halides is 3. The fourth-order valence-electron chi connectivity index (χ4n) is 3.59. The molecule has 1 amide bonds. The van der Waals surface area contributed by atoms with Gasteiger partial charge in [-0.1, -0.05) is 12.1 Å². The number of fused-ring (bicyclic) bond motifs is 1. The minimum atomic E-state index is -4.41. The van der Waals surface area contributed by atoms with Gasteiger partial charge in [0.2, 0.25) is 0 Å². The number of aryl methyl sites for hydroxylation is 1. The summed E-state index contributed by atoms with van der Waals surface area (Å²) in [6.45, 7) is 3.81. The molecule has 1 fully saturated rings. The number of anilines is 2. The van der Waals surface area contributed by atoms with Gasteiger partial charge in [-0.25, -0.2) is 4.68 Å². The molecule has 1 aromatic heterocycles. The summed E-state index contributed by atoms with van der Waals surface area (Å²) < 4.78 is 41.5. The molecule has 1 aliphatic carbocycles. The molecule has 1 aromatic carbocycles. The Labute approximate surface area is 154 Å². The Bertz CT molecular complexity index is 886. The number of carbonyl (C=O) groups excluding carboxylic acids is 1. The third-order valence-electron chi connectivity index (χ3n) is 5.50. The van der Waals surface area contributed by atoms with E-state index >= 15 is 0 Å². The van der Waals surface area contributed by atoms with Gasteiger partial charge in [0.1, 0.15) is 5.82 Å². The zero-order chi connectivity index (χ0) is 19.3. The van der Waals surface area contributed by atoms with Gasteiger partial charge in [0.05, 0.1) is 0 Å². The first kappa shape index (κ1) is 17.9. The van der Waals surface area contributed by atoms with E-state index in [0.717, 1.165) is 28.7 Å². The number of benzene rings is 1. The van der Waals surface area contributed by atoms with E-state index < -0.39 is 18.1 Å². The van der Waals surface area contributed by atoms with Crippen LogP contribution in [-0.2, 0) is 0 Å². The van der Waals surface area contributed by atoms with E-state index in [-0.39, 0.29) is 29.9 Å². The molecular weight excluding hydrogens is 357 g/mol. The minimum absolute atomic E-state index is 0.0240. The summed E-state index contributed by atoms with van der Waals surface area (Å²) >= 11 is 0. The molecule has 27 heavy (non-hydrogen) atoms. The van der Waals surface area contributed by atoms with E-state index in [0.29, 0.717) is 5.69 Å². The van der Waals surface area contributed by atoms with Crippen LogP contribution in [0.3, 0.4) is 0 Å². The number of halogens is 3. The molecule has 2 aliphatic rings. The largest absolute Gasteiger partial charge is 0.410 e. The maximum Gasteiger partial charge on any atom is 0.410 e. The van der Waals surface area contributed by atoms with Crippen molar-refractivity contribution < 1.29 is 18.0 Å². The molecule has 8 heteroatoms. The number of hydrogen-bond acceptors (Lipinski definition) is 3.